The Bertz CT molecular complexity index is 1260. The second-order valence-corrected chi connectivity index (χ2v) is 7.66. The lowest BCUT2D eigenvalue weighted by Gasteiger charge is -2.36. The van der Waals surface area contributed by atoms with Crippen molar-refractivity contribution in [3.05, 3.63) is 82.8 Å². The molecule has 1 atom stereocenters. The molecule has 186 valence electrons. The predicted molar refractivity (Wildman–Crippen MR) is 130 cm³/mol. The van der Waals surface area contributed by atoms with Gasteiger partial charge >= 0.3 is 11.9 Å². The van der Waals surface area contributed by atoms with Crippen molar-refractivity contribution in [2.75, 3.05) is 32.3 Å². The number of esters is 2. The number of carbonyl (C=O) groups is 3. The highest BCUT2D eigenvalue weighted by molar-refractivity contribution is 6.06. The Morgan fingerprint density at radius 2 is 1.75 bits per heavy atom. The summed E-state index contributed by atoms with van der Waals surface area (Å²) >= 11 is 0. The number of nitrogens with zero attached hydrogens (tertiary/aromatic N) is 2. The fraction of sp³-hybridized carbons (Fsp3) is 0.231. The molecular formula is C26H26N4O6. The van der Waals surface area contributed by atoms with Crippen molar-refractivity contribution in [2.24, 2.45) is 5.73 Å². The van der Waals surface area contributed by atoms with Crippen molar-refractivity contribution in [3.63, 3.8) is 0 Å². The molecule has 3 rings (SSSR count). The molecule has 1 heterocycles. The van der Waals surface area contributed by atoms with Gasteiger partial charge in [0.2, 0.25) is 5.91 Å². The molecule has 2 aromatic carbocycles. The summed E-state index contributed by atoms with van der Waals surface area (Å²) in [7, 11) is 2.37. The maximum absolute atomic E-state index is 13.1. The lowest BCUT2D eigenvalue weighted by atomic mass is 9.81. The molecule has 0 radical (unpaired) electrons. The summed E-state index contributed by atoms with van der Waals surface area (Å²) in [6.45, 7) is 1.89. The van der Waals surface area contributed by atoms with E-state index in [2.05, 4.69) is 11.4 Å². The molecule has 1 aliphatic rings. The maximum atomic E-state index is 13.1. The molecule has 10 nitrogen and oxygen atoms in total. The number of anilines is 1. The van der Waals surface area contributed by atoms with Crippen LogP contribution in [0.5, 0.6) is 5.75 Å². The number of methoxy groups -OCH3 is 2. The first-order valence-electron chi connectivity index (χ1n) is 11.0. The molecule has 0 saturated heterocycles. The van der Waals surface area contributed by atoms with Gasteiger partial charge in [-0.25, -0.2) is 9.59 Å². The van der Waals surface area contributed by atoms with E-state index in [4.69, 9.17) is 19.9 Å². The van der Waals surface area contributed by atoms with E-state index in [-0.39, 0.29) is 35.2 Å². The van der Waals surface area contributed by atoms with Gasteiger partial charge in [-0.15, -0.1) is 0 Å². The van der Waals surface area contributed by atoms with E-state index < -0.39 is 17.9 Å². The summed E-state index contributed by atoms with van der Waals surface area (Å²) in [5, 5.41) is 12.7. The normalized spacial score (nSPS) is 15.2. The largest absolute Gasteiger partial charge is 0.492 e. The Balaban J connectivity index is 2.19. The van der Waals surface area contributed by atoms with E-state index >= 15 is 0 Å². The van der Waals surface area contributed by atoms with Crippen LogP contribution in [0.1, 0.15) is 18.4 Å². The first-order valence-corrected chi connectivity index (χ1v) is 11.0. The van der Waals surface area contributed by atoms with Gasteiger partial charge in [-0.1, -0.05) is 36.4 Å². The van der Waals surface area contributed by atoms with Gasteiger partial charge in [-0.2, -0.15) is 5.26 Å². The van der Waals surface area contributed by atoms with Gasteiger partial charge in [-0.05, 0) is 17.7 Å². The number of nitrogens with one attached hydrogen (secondary N) is 1. The van der Waals surface area contributed by atoms with Gasteiger partial charge in [0.15, 0.2) is 0 Å². The van der Waals surface area contributed by atoms with Gasteiger partial charge in [0.05, 0.1) is 49.6 Å². The van der Waals surface area contributed by atoms with Crippen molar-refractivity contribution in [2.45, 2.75) is 12.8 Å². The van der Waals surface area contributed by atoms with Gasteiger partial charge < -0.3 is 25.3 Å². The first kappa shape index (κ1) is 25.8. The number of benzene rings is 2. The number of ether oxygens (including phenoxy) is 3. The molecule has 10 heteroatoms. The lowest BCUT2D eigenvalue weighted by molar-refractivity contribution is -0.139. The van der Waals surface area contributed by atoms with Crippen molar-refractivity contribution in [1.82, 2.24) is 5.32 Å². The van der Waals surface area contributed by atoms with E-state index in [0.29, 0.717) is 23.5 Å². The quantitative estimate of drug-likeness (QED) is 0.420. The Morgan fingerprint density at radius 3 is 2.36 bits per heavy atom. The van der Waals surface area contributed by atoms with Crippen LogP contribution in [0, 0.1) is 11.3 Å². The first-order chi connectivity index (χ1) is 17.3. The number of carbonyl (C=O) groups excluding carboxylic acids is 3. The van der Waals surface area contributed by atoms with Gasteiger partial charge in [0.25, 0.3) is 0 Å². The van der Waals surface area contributed by atoms with E-state index in [1.807, 2.05) is 0 Å². The minimum atomic E-state index is -0.953. The molecule has 0 aromatic heterocycles. The summed E-state index contributed by atoms with van der Waals surface area (Å²) in [6.07, 6.45) is 0. The van der Waals surface area contributed by atoms with E-state index in [1.54, 1.807) is 54.6 Å². The highest BCUT2D eigenvalue weighted by Gasteiger charge is 2.43. The van der Waals surface area contributed by atoms with Crippen LogP contribution in [-0.2, 0) is 23.9 Å². The molecule has 3 N–H and O–H groups in total. The number of nitriles is 1. The number of rotatable bonds is 8. The summed E-state index contributed by atoms with van der Waals surface area (Å²) < 4.78 is 15.7. The topological polar surface area (TPSA) is 144 Å². The van der Waals surface area contributed by atoms with E-state index in [9.17, 15) is 19.6 Å². The third kappa shape index (κ3) is 5.31. The van der Waals surface area contributed by atoms with Crippen LogP contribution in [0.2, 0.25) is 0 Å². The van der Waals surface area contributed by atoms with E-state index in [0.717, 1.165) is 0 Å². The van der Waals surface area contributed by atoms with Crippen LogP contribution in [0.15, 0.2) is 77.3 Å². The molecule has 2 aromatic rings. The molecule has 1 aliphatic heterocycles. The molecule has 1 amide bonds. The molecule has 1 unspecified atom stereocenters. The van der Waals surface area contributed by atoms with E-state index in [1.165, 1.54) is 26.0 Å². The zero-order valence-corrected chi connectivity index (χ0v) is 20.1. The molecule has 0 bridgehead atoms. The zero-order valence-electron chi connectivity index (χ0n) is 20.1. The molecule has 0 saturated carbocycles. The summed E-state index contributed by atoms with van der Waals surface area (Å²) in [6, 6.07) is 17.4. The highest BCUT2D eigenvalue weighted by atomic mass is 16.5. The van der Waals surface area contributed by atoms with Crippen LogP contribution < -0.4 is 20.7 Å². The monoisotopic (exact) mass is 490 g/mol. The third-order valence-corrected chi connectivity index (χ3v) is 5.43. The minimum absolute atomic E-state index is 0.0465. The highest BCUT2D eigenvalue weighted by Crippen LogP contribution is 2.43. The number of hydrogen-bond donors (Lipinski definition) is 2. The van der Waals surface area contributed by atoms with Crippen LogP contribution in [-0.4, -0.2) is 45.2 Å². The molecule has 36 heavy (non-hydrogen) atoms. The van der Waals surface area contributed by atoms with Crippen molar-refractivity contribution < 1.29 is 28.6 Å². The Hall–Kier alpha value is -4.78. The number of amides is 1. The van der Waals surface area contributed by atoms with Crippen LogP contribution >= 0.6 is 0 Å². The summed E-state index contributed by atoms with van der Waals surface area (Å²) in [5.74, 6) is -2.41. The molecular weight excluding hydrogens is 464 g/mol. The fourth-order valence-electron chi connectivity index (χ4n) is 3.89. The van der Waals surface area contributed by atoms with Crippen molar-refractivity contribution in [1.29, 1.82) is 5.26 Å². The van der Waals surface area contributed by atoms with Gasteiger partial charge in [-0.3, -0.25) is 9.69 Å². The number of nitrogens with two attached hydrogens (primary N) is 1. The molecule has 0 fully saturated rings. The number of hydrogen-bond acceptors (Lipinski definition) is 9. The van der Waals surface area contributed by atoms with Gasteiger partial charge in [0.1, 0.15) is 23.9 Å². The van der Waals surface area contributed by atoms with Crippen LogP contribution in [0.25, 0.3) is 0 Å². The SMILES string of the molecule is COC(=O)C1=C(C(=O)OC)N(c2cccc(OCCNC(C)=O)c2)C(N)=C(C#N)C1c1ccccc1. The Morgan fingerprint density at radius 1 is 1.06 bits per heavy atom. The second kappa shape index (κ2) is 11.6. The Kier molecular flexibility index (Phi) is 8.30. The predicted octanol–water partition coefficient (Wildman–Crippen LogP) is 2.10. The molecule has 0 spiro atoms. The van der Waals surface area contributed by atoms with Crippen LogP contribution in [0.4, 0.5) is 5.69 Å². The maximum Gasteiger partial charge on any atom is 0.355 e. The summed E-state index contributed by atoms with van der Waals surface area (Å²) in [5.41, 5.74) is 7.22. The van der Waals surface area contributed by atoms with Crippen LogP contribution in [0.3, 0.4) is 0 Å². The summed E-state index contributed by atoms with van der Waals surface area (Å²) in [4.78, 5) is 38.5. The molecule has 0 aliphatic carbocycles. The van der Waals surface area contributed by atoms with Crippen molar-refractivity contribution in [3.8, 4) is 11.8 Å². The Labute approximate surface area is 208 Å². The smallest absolute Gasteiger partial charge is 0.355 e. The van der Waals surface area contributed by atoms with Gasteiger partial charge in [0, 0.05) is 13.0 Å². The average Bonchev–Trinajstić information content (AvgIpc) is 2.90. The zero-order chi connectivity index (χ0) is 26.2. The minimum Gasteiger partial charge on any atom is -0.492 e. The standard InChI is InChI=1S/C26H26N4O6/c1-16(31)29-12-13-36-19-11-7-10-18(14-19)30-23(26(33)35-3)22(25(32)34-2)21(20(15-27)24(30)28)17-8-5-4-6-9-17/h4-11,14,21H,12-13,28H2,1-3H3,(H,29,31). The average molecular weight is 491 g/mol. The fourth-order valence-corrected chi connectivity index (χ4v) is 3.89. The lowest BCUT2D eigenvalue weighted by Crippen LogP contribution is -2.40. The third-order valence-electron chi connectivity index (χ3n) is 5.43. The van der Waals surface area contributed by atoms with Crippen molar-refractivity contribution >= 4 is 23.5 Å². The number of allylic oxidation sites excluding steroid dienone is 1. The second-order valence-electron chi connectivity index (χ2n) is 7.66.